The molecule has 0 spiro atoms. The zero-order valence-corrected chi connectivity index (χ0v) is 13.5. The molecule has 6 heteroatoms. The van der Waals surface area contributed by atoms with Gasteiger partial charge in [-0.05, 0) is 24.6 Å². The minimum absolute atomic E-state index is 0.0646. The Kier molecular flexibility index (Phi) is 4.52. The fraction of sp³-hybridized carbons (Fsp3) is 0.0526. The van der Waals surface area contributed by atoms with Gasteiger partial charge in [-0.25, -0.2) is 0 Å². The summed E-state index contributed by atoms with van der Waals surface area (Å²) in [6.45, 7) is 1.95. The van der Waals surface area contributed by atoms with Crippen molar-refractivity contribution in [3.63, 3.8) is 0 Å². The second-order valence-electron chi connectivity index (χ2n) is 5.53. The molecule has 0 aliphatic rings. The highest BCUT2D eigenvalue weighted by molar-refractivity contribution is 5.93. The van der Waals surface area contributed by atoms with E-state index in [0.29, 0.717) is 16.9 Å². The first-order chi connectivity index (χ1) is 12.1. The number of aromatic nitrogens is 1. The van der Waals surface area contributed by atoms with Gasteiger partial charge < -0.3 is 5.32 Å². The molecule has 0 aliphatic heterocycles. The van der Waals surface area contributed by atoms with Gasteiger partial charge in [0.1, 0.15) is 5.69 Å². The molecule has 0 saturated heterocycles. The van der Waals surface area contributed by atoms with Crippen molar-refractivity contribution in [3.05, 3.63) is 82.2 Å². The van der Waals surface area contributed by atoms with Gasteiger partial charge in [0.05, 0.1) is 11.1 Å². The van der Waals surface area contributed by atoms with Gasteiger partial charge in [0.25, 0.3) is 5.69 Å². The fourth-order valence-corrected chi connectivity index (χ4v) is 2.62. The van der Waals surface area contributed by atoms with E-state index in [9.17, 15) is 14.9 Å². The number of aldehydes is 1. The monoisotopic (exact) mass is 333 g/mol. The first-order valence-corrected chi connectivity index (χ1v) is 7.61. The van der Waals surface area contributed by atoms with Crippen LogP contribution in [0, 0.1) is 17.0 Å². The molecule has 3 rings (SSSR count). The molecule has 3 aromatic rings. The van der Waals surface area contributed by atoms with Crippen LogP contribution in [-0.4, -0.2) is 16.2 Å². The summed E-state index contributed by atoms with van der Waals surface area (Å²) >= 11 is 0. The Bertz CT molecular complexity index is 954. The van der Waals surface area contributed by atoms with E-state index in [4.69, 9.17) is 0 Å². The number of pyridine rings is 1. The lowest BCUT2D eigenvalue weighted by molar-refractivity contribution is -0.384. The van der Waals surface area contributed by atoms with Gasteiger partial charge >= 0.3 is 0 Å². The maximum atomic E-state index is 11.4. The summed E-state index contributed by atoms with van der Waals surface area (Å²) in [6.07, 6.45) is 3.59. The molecule has 1 N–H and O–H groups in total. The van der Waals surface area contributed by atoms with E-state index in [1.165, 1.54) is 18.5 Å². The standard InChI is InChI=1S/C19H15N3O3/c1-13-6-7-17(21-18-11-20-9-8-19(18)22(24)25)16(10-13)15-5-3-2-4-14(15)12-23/h2-12,21H,1H3. The van der Waals surface area contributed by atoms with Crippen molar-refractivity contribution in [2.75, 3.05) is 5.32 Å². The van der Waals surface area contributed by atoms with E-state index in [1.807, 2.05) is 37.3 Å². The van der Waals surface area contributed by atoms with Gasteiger partial charge in [0, 0.05) is 29.1 Å². The zero-order valence-electron chi connectivity index (χ0n) is 13.5. The lowest BCUT2D eigenvalue weighted by Gasteiger charge is -2.14. The minimum Gasteiger partial charge on any atom is -0.348 e. The van der Waals surface area contributed by atoms with Crippen molar-refractivity contribution in [2.24, 2.45) is 0 Å². The van der Waals surface area contributed by atoms with Crippen LogP contribution in [-0.2, 0) is 0 Å². The number of nitro groups is 1. The molecule has 0 radical (unpaired) electrons. The molecular formula is C19H15N3O3. The number of aryl methyl sites for hydroxylation is 1. The van der Waals surface area contributed by atoms with Crippen LogP contribution in [0.2, 0.25) is 0 Å². The number of anilines is 2. The number of carbonyl (C=O) groups excluding carboxylic acids is 1. The van der Waals surface area contributed by atoms with Crippen molar-refractivity contribution >= 4 is 23.3 Å². The third-order valence-electron chi connectivity index (χ3n) is 3.82. The summed E-state index contributed by atoms with van der Waals surface area (Å²) < 4.78 is 0. The summed E-state index contributed by atoms with van der Waals surface area (Å²) in [4.78, 5) is 26.1. The van der Waals surface area contributed by atoms with E-state index >= 15 is 0 Å². The van der Waals surface area contributed by atoms with E-state index in [0.717, 1.165) is 23.0 Å². The van der Waals surface area contributed by atoms with Crippen molar-refractivity contribution in [1.82, 2.24) is 4.98 Å². The summed E-state index contributed by atoms with van der Waals surface area (Å²) in [5.41, 5.74) is 4.01. The van der Waals surface area contributed by atoms with E-state index in [-0.39, 0.29) is 5.69 Å². The fourth-order valence-electron chi connectivity index (χ4n) is 2.62. The van der Waals surface area contributed by atoms with Crippen molar-refractivity contribution in [1.29, 1.82) is 0 Å². The average Bonchev–Trinajstić information content (AvgIpc) is 2.63. The van der Waals surface area contributed by atoms with Crippen LogP contribution in [0.5, 0.6) is 0 Å². The number of nitrogens with one attached hydrogen (secondary N) is 1. The second kappa shape index (κ2) is 6.92. The molecule has 0 bridgehead atoms. The van der Waals surface area contributed by atoms with Gasteiger partial charge in [-0.15, -0.1) is 0 Å². The second-order valence-corrected chi connectivity index (χ2v) is 5.53. The molecule has 0 amide bonds. The summed E-state index contributed by atoms with van der Waals surface area (Å²) in [5, 5.41) is 14.3. The molecule has 1 heterocycles. The van der Waals surface area contributed by atoms with Gasteiger partial charge in [0.15, 0.2) is 6.29 Å². The summed E-state index contributed by atoms with van der Waals surface area (Å²) in [7, 11) is 0. The van der Waals surface area contributed by atoms with E-state index in [1.54, 1.807) is 12.1 Å². The number of hydrogen-bond donors (Lipinski definition) is 1. The van der Waals surface area contributed by atoms with Crippen LogP contribution < -0.4 is 5.32 Å². The molecule has 0 aliphatic carbocycles. The minimum atomic E-state index is -0.461. The molecule has 124 valence electrons. The topological polar surface area (TPSA) is 85.1 Å². The number of rotatable bonds is 5. The first kappa shape index (κ1) is 16.3. The van der Waals surface area contributed by atoms with Gasteiger partial charge in [-0.2, -0.15) is 0 Å². The third kappa shape index (κ3) is 3.37. The Morgan fingerprint density at radius 2 is 1.88 bits per heavy atom. The normalized spacial score (nSPS) is 10.3. The zero-order chi connectivity index (χ0) is 17.8. The van der Waals surface area contributed by atoms with Crippen LogP contribution in [0.1, 0.15) is 15.9 Å². The highest BCUT2D eigenvalue weighted by atomic mass is 16.6. The summed E-state index contributed by atoms with van der Waals surface area (Å²) in [5.74, 6) is 0. The van der Waals surface area contributed by atoms with Crippen molar-refractivity contribution in [2.45, 2.75) is 6.92 Å². The highest BCUT2D eigenvalue weighted by Crippen LogP contribution is 2.35. The Labute approximate surface area is 144 Å². The quantitative estimate of drug-likeness (QED) is 0.421. The van der Waals surface area contributed by atoms with Gasteiger partial charge in [-0.1, -0.05) is 35.9 Å². The van der Waals surface area contributed by atoms with Crippen LogP contribution in [0.15, 0.2) is 60.9 Å². The maximum absolute atomic E-state index is 11.4. The molecule has 2 aromatic carbocycles. The summed E-state index contributed by atoms with van der Waals surface area (Å²) in [6, 6.07) is 14.2. The Hall–Kier alpha value is -3.54. The van der Waals surface area contributed by atoms with E-state index in [2.05, 4.69) is 10.3 Å². The predicted molar refractivity (Wildman–Crippen MR) is 96.2 cm³/mol. The molecule has 6 nitrogen and oxygen atoms in total. The Morgan fingerprint density at radius 3 is 2.64 bits per heavy atom. The smallest absolute Gasteiger partial charge is 0.295 e. The lowest BCUT2D eigenvalue weighted by atomic mass is 9.97. The van der Waals surface area contributed by atoms with Crippen LogP contribution in [0.3, 0.4) is 0 Å². The first-order valence-electron chi connectivity index (χ1n) is 7.61. The van der Waals surface area contributed by atoms with Crippen LogP contribution in [0.25, 0.3) is 11.1 Å². The number of nitrogens with zero attached hydrogens (tertiary/aromatic N) is 2. The SMILES string of the molecule is Cc1ccc(Nc2cnccc2[N+](=O)[O-])c(-c2ccccc2C=O)c1. The number of carbonyl (C=O) groups is 1. The predicted octanol–water partition coefficient (Wildman–Crippen LogP) is 4.52. The largest absolute Gasteiger partial charge is 0.348 e. The Morgan fingerprint density at radius 1 is 1.08 bits per heavy atom. The molecule has 0 unspecified atom stereocenters. The molecule has 25 heavy (non-hydrogen) atoms. The average molecular weight is 333 g/mol. The molecule has 0 saturated carbocycles. The van der Waals surface area contributed by atoms with Crippen molar-refractivity contribution in [3.8, 4) is 11.1 Å². The van der Waals surface area contributed by atoms with Gasteiger partial charge in [0.2, 0.25) is 0 Å². The molecule has 0 atom stereocenters. The lowest BCUT2D eigenvalue weighted by Crippen LogP contribution is -2.00. The van der Waals surface area contributed by atoms with E-state index < -0.39 is 4.92 Å². The van der Waals surface area contributed by atoms with Crippen molar-refractivity contribution < 1.29 is 9.72 Å². The molecule has 1 aromatic heterocycles. The third-order valence-corrected chi connectivity index (χ3v) is 3.82. The molecular weight excluding hydrogens is 318 g/mol. The van der Waals surface area contributed by atoms with Crippen LogP contribution in [0.4, 0.5) is 17.1 Å². The van der Waals surface area contributed by atoms with Crippen LogP contribution >= 0.6 is 0 Å². The highest BCUT2D eigenvalue weighted by Gasteiger charge is 2.16. The molecule has 0 fully saturated rings. The maximum Gasteiger partial charge on any atom is 0.295 e. The van der Waals surface area contributed by atoms with Gasteiger partial charge in [-0.3, -0.25) is 19.9 Å². The number of hydrogen-bond acceptors (Lipinski definition) is 5. The Balaban J connectivity index is 2.13. The number of benzene rings is 2.